The fourth-order valence-electron chi connectivity index (χ4n) is 2.84. The van der Waals surface area contributed by atoms with E-state index in [1.165, 1.54) is 5.56 Å². The van der Waals surface area contributed by atoms with Gasteiger partial charge in [0.2, 0.25) is 0 Å². The zero-order valence-corrected chi connectivity index (χ0v) is 10.6. The molecule has 0 aromatic heterocycles. The van der Waals surface area contributed by atoms with Crippen molar-refractivity contribution in [3.05, 3.63) is 35.9 Å². The lowest BCUT2D eigenvalue weighted by molar-refractivity contribution is 0.131. The lowest BCUT2D eigenvalue weighted by Crippen LogP contribution is -2.38. The van der Waals surface area contributed by atoms with E-state index in [-0.39, 0.29) is 12.5 Å². The number of nitrogens with zero attached hydrogens (tertiary/aromatic N) is 2. The maximum atomic E-state index is 9.21. The molecular formula is C15H20N2O. The van der Waals surface area contributed by atoms with E-state index in [4.69, 9.17) is 0 Å². The largest absolute Gasteiger partial charge is 0.395 e. The van der Waals surface area contributed by atoms with Crippen molar-refractivity contribution < 1.29 is 5.11 Å². The first-order chi connectivity index (χ1) is 8.85. The number of rotatable bonds is 5. The highest BCUT2D eigenvalue weighted by Crippen LogP contribution is 2.30. The molecule has 1 aliphatic rings. The van der Waals surface area contributed by atoms with Gasteiger partial charge < -0.3 is 5.11 Å². The summed E-state index contributed by atoms with van der Waals surface area (Å²) in [7, 11) is 0. The SMILES string of the molecule is N#CC1CCCC1N(CCO)Cc1ccccc1. The Kier molecular flexibility index (Phi) is 4.74. The van der Waals surface area contributed by atoms with Gasteiger partial charge in [-0.3, -0.25) is 4.90 Å². The van der Waals surface area contributed by atoms with Crippen LogP contribution in [0.3, 0.4) is 0 Å². The summed E-state index contributed by atoms with van der Waals surface area (Å²) < 4.78 is 0. The van der Waals surface area contributed by atoms with E-state index < -0.39 is 0 Å². The number of hydrogen-bond donors (Lipinski definition) is 1. The molecule has 2 atom stereocenters. The summed E-state index contributed by atoms with van der Waals surface area (Å²) in [6.45, 7) is 1.63. The predicted molar refractivity (Wildman–Crippen MR) is 70.7 cm³/mol. The van der Waals surface area contributed by atoms with Crippen LogP contribution >= 0.6 is 0 Å². The summed E-state index contributed by atoms with van der Waals surface area (Å²) >= 11 is 0. The molecular weight excluding hydrogens is 224 g/mol. The van der Waals surface area contributed by atoms with Crippen LogP contribution in [0.1, 0.15) is 24.8 Å². The minimum absolute atomic E-state index is 0.125. The number of nitriles is 1. The first kappa shape index (κ1) is 13.1. The van der Waals surface area contributed by atoms with Crippen LogP contribution in [0.25, 0.3) is 0 Å². The molecule has 1 aliphatic carbocycles. The van der Waals surface area contributed by atoms with Gasteiger partial charge in [0.15, 0.2) is 0 Å². The Bertz CT molecular complexity index is 399. The zero-order valence-electron chi connectivity index (χ0n) is 10.6. The van der Waals surface area contributed by atoms with Gasteiger partial charge in [0.1, 0.15) is 0 Å². The Balaban J connectivity index is 2.06. The minimum Gasteiger partial charge on any atom is -0.395 e. The van der Waals surface area contributed by atoms with Crippen LogP contribution in [0.5, 0.6) is 0 Å². The van der Waals surface area contributed by atoms with Crippen molar-refractivity contribution in [2.45, 2.75) is 31.8 Å². The average molecular weight is 244 g/mol. The molecule has 0 heterocycles. The number of hydrogen-bond acceptors (Lipinski definition) is 3. The third-order valence-electron chi connectivity index (χ3n) is 3.73. The molecule has 0 saturated heterocycles. The van der Waals surface area contributed by atoms with Gasteiger partial charge in [0, 0.05) is 19.1 Å². The Hall–Kier alpha value is -1.37. The summed E-state index contributed by atoms with van der Waals surface area (Å²) in [5.41, 5.74) is 1.24. The number of aliphatic hydroxyl groups is 1. The third kappa shape index (κ3) is 3.10. The molecule has 0 radical (unpaired) electrons. The standard InChI is InChI=1S/C15H20N2O/c16-11-14-7-4-8-15(14)17(9-10-18)12-13-5-2-1-3-6-13/h1-3,5-6,14-15,18H,4,7-10,12H2. The minimum atomic E-state index is 0.125. The second-order valence-corrected chi connectivity index (χ2v) is 4.91. The molecule has 18 heavy (non-hydrogen) atoms. The van der Waals surface area contributed by atoms with Crippen LogP contribution in [0.15, 0.2) is 30.3 Å². The summed E-state index contributed by atoms with van der Waals surface area (Å²) in [4.78, 5) is 2.26. The summed E-state index contributed by atoms with van der Waals surface area (Å²) in [5.74, 6) is 0.125. The Morgan fingerprint density at radius 1 is 1.28 bits per heavy atom. The molecule has 3 heteroatoms. The molecule has 0 spiro atoms. The van der Waals surface area contributed by atoms with Gasteiger partial charge in [0.25, 0.3) is 0 Å². The van der Waals surface area contributed by atoms with Crippen molar-refractivity contribution >= 4 is 0 Å². The number of aliphatic hydroxyl groups excluding tert-OH is 1. The Morgan fingerprint density at radius 2 is 2.06 bits per heavy atom. The van der Waals surface area contributed by atoms with E-state index in [0.29, 0.717) is 12.6 Å². The van der Waals surface area contributed by atoms with Crippen LogP contribution in [-0.4, -0.2) is 29.2 Å². The van der Waals surface area contributed by atoms with Crippen molar-refractivity contribution in [1.29, 1.82) is 5.26 Å². The van der Waals surface area contributed by atoms with Gasteiger partial charge >= 0.3 is 0 Å². The third-order valence-corrected chi connectivity index (χ3v) is 3.73. The van der Waals surface area contributed by atoms with Gasteiger partial charge in [-0.2, -0.15) is 5.26 Å². The van der Waals surface area contributed by atoms with E-state index >= 15 is 0 Å². The van der Waals surface area contributed by atoms with E-state index in [1.807, 2.05) is 18.2 Å². The molecule has 2 rings (SSSR count). The molecule has 0 bridgehead atoms. The maximum Gasteiger partial charge on any atom is 0.0672 e. The molecule has 2 unspecified atom stereocenters. The highest BCUT2D eigenvalue weighted by atomic mass is 16.3. The van der Waals surface area contributed by atoms with Crippen LogP contribution in [0.2, 0.25) is 0 Å². The van der Waals surface area contributed by atoms with Gasteiger partial charge in [0.05, 0.1) is 18.6 Å². The normalized spacial score (nSPS) is 23.2. The molecule has 1 aromatic rings. The first-order valence-electron chi connectivity index (χ1n) is 6.63. The van der Waals surface area contributed by atoms with Crippen molar-refractivity contribution in [2.24, 2.45) is 5.92 Å². The van der Waals surface area contributed by atoms with Gasteiger partial charge in [-0.05, 0) is 18.4 Å². The monoisotopic (exact) mass is 244 g/mol. The van der Waals surface area contributed by atoms with Gasteiger partial charge in [-0.25, -0.2) is 0 Å². The van der Waals surface area contributed by atoms with E-state index in [9.17, 15) is 10.4 Å². The van der Waals surface area contributed by atoms with E-state index in [2.05, 4.69) is 23.1 Å². The first-order valence-corrected chi connectivity index (χ1v) is 6.63. The fraction of sp³-hybridized carbons (Fsp3) is 0.533. The molecule has 1 fully saturated rings. The molecule has 0 amide bonds. The second kappa shape index (κ2) is 6.53. The molecule has 3 nitrogen and oxygen atoms in total. The summed E-state index contributed by atoms with van der Waals surface area (Å²) in [6, 6.07) is 13.0. The highest BCUT2D eigenvalue weighted by molar-refractivity contribution is 5.15. The van der Waals surface area contributed by atoms with Crippen molar-refractivity contribution in [3.8, 4) is 6.07 Å². The highest BCUT2D eigenvalue weighted by Gasteiger charge is 2.31. The van der Waals surface area contributed by atoms with Crippen LogP contribution in [0, 0.1) is 17.2 Å². The van der Waals surface area contributed by atoms with Crippen molar-refractivity contribution in [1.82, 2.24) is 4.90 Å². The predicted octanol–water partition coefficient (Wildman–Crippen LogP) is 2.17. The average Bonchev–Trinajstić information content (AvgIpc) is 2.87. The molecule has 1 saturated carbocycles. The maximum absolute atomic E-state index is 9.21. The molecule has 96 valence electrons. The summed E-state index contributed by atoms with van der Waals surface area (Å²) in [5, 5.41) is 18.4. The molecule has 1 aromatic carbocycles. The molecule has 0 aliphatic heterocycles. The Labute approximate surface area is 109 Å². The molecule has 1 N–H and O–H groups in total. The van der Waals surface area contributed by atoms with E-state index in [1.54, 1.807) is 0 Å². The fourth-order valence-corrected chi connectivity index (χ4v) is 2.84. The lowest BCUT2D eigenvalue weighted by Gasteiger charge is -2.30. The van der Waals surface area contributed by atoms with Gasteiger partial charge in [-0.15, -0.1) is 0 Å². The van der Waals surface area contributed by atoms with Crippen LogP contribution in [-0.2, 0) is 6.54 Å². The van der Waals surface area contributed by atoms with E-state index in [0.717, 1.165) is 25.8 Å². The van der Waals surface area contributed by atoms with Gasteiger partial charge in [-0.1, -0.05) is 36.8 Å². The van der Waals surface area contributed by atoms with Crippen LogP contribution < -0.4 is 0 Å². The second-order valence-electron chi connectivity index (χ2n) is 4.91. The topological polar surface area (TPSA) is 47.3 Å². The quantitative estimate of drug-likeness (QED) is 0.863. The number of benzene rings is 1. The zero-order chi connectivity index (χ0) is 12.8. The van der Waals surface area contributed by atoms with Crippen molar-refractivity contribution in [3.63, 3.8) is 0 Å². The lowest BCUT2D eigenvalue weighted by atomic mass is 10.0. The van der Waals surface area contributed by atoms with Crippen molar-refractivity contribution in [2.75, 3.05) is 13.2 Å². The van der Waals surface area contributed by atoms with Crippen LogP contribution in [0.4, 0.5) is 0 Å². The Morgan fingerprint density at radius 3 is 2.72 bits per heavy atom. The smallest absolute Gasteiger partial charge is 0.0672 e. The summed E-state index contributed by atoms with van der Waals surface area (Å²) in [6.07, 6.45) is 3.20.